The van der Waals surface area contributed by atoms with Crippen LogP contribution < -0.4 is 10.6 Å². The highest BCUT2D eigenvalue weighted by molar-refractivity contribution is 5.75. The highest BCUT2D eigenvalue weighted by Gasteiger charge is 2.31. The molecule has 0 spiro atoms. The lowest BCUT2D eigenvalue weighted by Crippen LogP contribution is -2.44. The fourth-order valence-electron chi connectivity index (χ4n) is 3.56. The van der Waals surface area contributed by atoms with Crippen LogP contribution in [0.1, 0.15) is 38.4 Å². The van der Waals surface area contributed by atoms with Gasteiger partial charge in [0.2, 0.25) is 0 Å². The molecule has 1 fully saturated rings. The minimum Gasteiger partial charge on any atom is -0.341 e. The lowest BCUT2D eigenvalue weighted by molar-refractivity contribution is 0.182. The molecule has 2 amide bonds. The molecule has 2 aliphatic heterocycles. The molecule has 0 aliphatic carbocycles. The van der Waals surface area contributed by atoms with E-state index < -0.39 is 0 Å². The van der Waals surface area contributed by atoms with Crippen LogP contribution >= 0.6 is 0 Å². The van der Waals surface area contributed by atoms with Crippen LogP contribution in [0.5, 0.6) is 0 Å². The molecule has 2 aromatic rings. The molecule has 26 heavy (non-hydrogen) atoms. The van der Waals surface area contributed by atoms with E-state index in [1.165, 1.54) is 43.6 Å². The van der Waals surface area contributed by atoms with E-state index in [0.29, 0.717) is 6.54 Å². The van der Waals surface area contributed by atoms with Gasteiger partial charge in [0.1, 0.15) is 5.82 Å². The van der Waals surface area contributed by atoms with Crippen LogP contribution in [0.25, 0.3) is 0 Å². The van der Waals surface area contributed by atoms with Gasteiger partial charge in [0.15, 0.2) is 0 Å². The van der Waals surface area contributed by atoms with E-state index in [1.807, 2.05) is 18.2 Å². The van der Waals surface area contributed by atoms with Crippen molar-refractivity contribution in [3.05, 3.63) is 71.0 Å². The maximum atomic E-state index is 13.2. The van der Waals surface area contributed by atoms with Gasteiger partial charge in [-0.1, -0.05) is 36.4 Å². The summed E-state index contributed by atoms with van der Waals surface area (Å²) in [4.78, 5) is 14.0. The summed E-state index contributed by atoms with van der Waals surface area (Å²) in [6, 6.07) is 14.2. The first kappa shape index (κ1) is 18.4. The number of amides is 2. The summed E-state index contributed by atoms with van der Waals surface area (Å²) in [6.07, 6.45) is 3.61. The molecule has 2 N–H and O–H groups in total. The molecule has 2 aromatic carbocycles. The summed E-state index contributed by atoms with van der Waals surface area (Å²) in [6.45, 7) is 3.15. The first-order valence-corrected chi connectivity index (χ1v) is 9.23. The molecule has 1 saturated heterocycles. The number of hydrogen-bond acceptors (Lipinski definition) is 2. The molecule has 0 bridgehead atoms. The van der Waals surface area contributed by atoms with Gasteiger partial charge in [0.25, 0.3) is 0 Å². The van der Waals surface area contributed by atoms with Crippen molar-refractivity contribution in [1.29, 1.82) is 0 Å². The average molecular weight is 359 g/mol. The second kappa shape index (κ2) is 8.81. The van der Waals surface area contributed by atoms with Crippen LogP contribution in [0, 0.1) is 5.82 Å². The van der Waals surface area contributed by atoms with Crippen LogP contribution in [-0.2, 0) is 6.42 Å². The molecule has 4 rings (SSSR count). The van der Waals surface area contributed by atoms with Crippen molar-refractivity contribution in [2.45, 2.75) is 25.3 Å². The third-order valence-corrected chi connectivity index (χ3v) is 4.90. The molecular weight excluding hydrogens is 329 g/mol. The Morgan fingerprint density at radius 1 is 1.15 bits per heavy atom. The number of nitrogens with one attached hydrogen (secondary N) is 2. The molecule has 1 atom stereocenters. The Labute approximate surface area is 157 Å². The molecule has 0 saturated carbocycles. The summed E-state index contributed by atoms with van der Waals surface area (Å²) >= 11 is 0. The summed E-state index contributed by atoms with van der Waals surface area (Å²) in [5.74, 6) is -0.269. The Bertz CT molecular complexity index is 731. The summed E-state index contributed by atoms with van der Waals surface area (Å²) in [5, 5.41) is 5.91. The van der Waals surface area contributed by atoms with Gasteiger partial charge in [-0.25, -0.2) is 9.18 Å². The van der Waals surface area contributed by atoms with Gasteiger partial charge in [-0.05, 0) is 61.2 Å². The number of urea groups is 1. The molecular formula is C21H30FN3O. The first-order valence-electron chi connectivity index (χ1n) is 9.23. The minimum absolute atomic E-state index is 0. The Hall–Kier alpha value is -2.40. The molecule has 0 aromatic heterocycles. The van der Waals surface area contributed by atoms with Crippen molar-refractivity contribution in [3.63, 3.8) is 0 Å². The van der Waals surface area contributed by atoms with Crippen LogP contribution in [0.15, 0.2) is 48.5 Å². The molecule has 4 nitrogen and oxygen atoms in total. The van der Waals surface area contributed by atoms with E-state index in [0.717, 1.165) is 17.5 Å². The third kappa shape index (κ3) is 4.22. The van der Waals surface area contributed by atoms with Crippen LogP contribution in [0.2, 0.25) is 0 Å². The van der Waals surface area contributed by atoms with Gasteiger partial charge in [-0.3, -0.25) is 0 Å². The second-order valence-electron chi connectivity index (χ2n) is 6.61. The van der Waals surface area contributed by atoms with Gasteiger partial charge in [-0.2, -0.15) is 0 Å². The lowest BCUT2D eigenvalue weighted by atomic mass is 9.88. The van der Waals surface area contributed by atoms with Crippen molar-refractivity contribution >= 4 is 6.03 Å². The number of carbonyl (C=O) groups is 1. The highest BCUT2D eigenvalue weighted by atomic mass is 19.1. The summed E-state index contributed by atoms with van der Waals surface area (Å²) < 4.78 is 13.2. The Kier molecular flexibility index (Phi) is 6.23. The summed E-state index contributed by atoms with van der Waals surface area (Å²) in [5.41, 5.74) is 3.28. The monoisotopic (exact) mass is 359 g/mol. The van der Waals surface area contributed by atoms with Crippen molar-refractivity contribution < 1.29 is 12.0 Å². The molecule has 2 aliphatic rings. The quantitative estimate of drug-likeness (QED) is 0.809. The van der Waals surface area contributed by atoms with Crippen molar-refractivity contribution in [2.75, 3.05) is 26.7 Å². The average Bonchev–Trinajstić information content (AvgIpc) is 3.27. The number of halogens is 1. The van der Waals surface area contributed by atoms with Crippen molar-refractivity contribution in [2.24, 2.45) is 0 Å². The zero-order valence-corrected chi connectivity index (χ0v) is 15.2. The fraction of sp³-hybridized carbons (Fsp3) is 0.381. The normalized spacial score (nSPS) is 18.5. The lowest BCUT2D eigenvalue weighted by Gasteiger charge is -2.37. The Balaban J connectivity index is 0.000000490. The fourth-order valence-corrected chi connectivity index (χ4v) is 3.56. The van der Waals surface area contributed by atoms with Crippen LogP contribution in [-0.4, -0.2) is 37.6 Å². The largest absolute Gasteiger partial charge is 0.341 e. The Morgan fingerprint density at radius 3 is 2.46 bits per heavy atom. The molecule has 142 valence electrons. The number of hydrogen-bond donors (Lipinski definition) is 2. The maximum absolute atomic E-state index is 13.2. The predicted octanol–water partition coefficient (Wildman–Crippen LogP) is 3.97. The maximum Gasteiger partial charge on any atom is 0.317 e. The molecule has 0 unspecified atom stereocenters. The van der Waals surface area contributed by atoms with Gasteiger partial charge in [-0.15, -0.1) is 0 Å². The smallest absolute Gasteiger partial charge is 0.317 e. The van der Waals surface area contributed by atoms with Gasteiger partial charge >= 0.3 is 6.03 Å². The van der Waals surface area contributed by atoms with Gasteiger partial charge in [0, 0.05) is 16.4 Å². The third-order valence-electron chi connectivity index (χ3n) is 4.90. The number of rotatable bonds is 1. The molecule has 5 heteroatoms. The van der Waals surface area contributed by atoms with Crippen LogP contribution in [0.3, 0.4) is 0 Å². The minimum atomic E-state index is -0.269. The van der Waals surface area contributed by atoms with Gasteiger partial charge < -0.3 is 15.5 Å². The first-order chi connectivity index (χ1) is 12.7. The Morgan fingerprint density at radius 2 is 1.85 bits per heavy atom. The van der Waals surface area contributed by atoms with Crippen LogP contribution in [0.4, 0.5) is 9.18 Å². The van der Waals surface area contributed by atoms with Crippen molar-refractivity contribution in [1.82, 2.24) is 15.5 Å². The molecule has 0 radical (unpaired) electrons. The predicted molar refractivity (Wildman–Crippen MR) is 106 cm³/mol. The van der Waals surface area contributed by atoms with E-state index in [4.69, 9.17) is 0 Å². The van der Waals surface area contributed by atoms with Crippen molar-refractivity contribution in [3.8, 4) is 0 Å². The van der Waals surface area contributed by atoms with E-state index in [9.17, 15) is 9.18 Å². The number of nitrogens with zero attached hydrogens (tertiary/aromatic N) is 1. The standard InChI is InChI=1S/C17H17FN2O.C4H9N.2H2/c1-19-17(21)20-11-10-12-4-2-3-5-15(12)16(20)13-6-8-14(18)9-7-13;1-2-4-5-3-1;;/h2-9,16H,10-11H2,1H3,(H,19,21);5H,1-4H2;2*1H/t16-;;;/m1.../s1. The topological polar surface area (TPSA) is 44.4 Å². The SMILES string of the molecule is C1CCNC1.CNC(=O)N1CCc2ccccc2[C@H]1c1ccc(F)cc1.[HH].[HH]. The van der Waals surface area contributed by atoms with Gasteiger partial charge in [0.05, 0.1) is 6.04 Å². The van der Waals surface area contributed by atoms with E-state index in [1.54, 1.807) is 24.1 Å². The van der Waals surface area contributed by atoms with E-state index >= 15 is 0 Å². The second-order valence-corrected chi connectivity index (χ2v) is 6.61. The number of benzene rings is 2. The summed E-state index contributed by atoms with van der Waals surface area (Å²) in [7, 11) is 1.63. The number of carbonyl (C=O) groups excluding carboxylic acids is 1. The van der Waals surface area contributed by atoms with E-state index in [-0.39, 0.29) is 20.7 Å². The van der Waals surface area contributed by atoms with E-state index in [2.05, 4.69) is 16.7 Å². The zero-order valence-electron chi connectivity index (χ0n) is 15.2. The number of fused-ring (bicyclic) bond motifs is 1. The highest BCUT2D eigenvalue weighted by Crippen LogP contribution is 2.35. The molecule has 2 heterocycles. The zero-order chi connectivity index (χ0) is 18.4.